The van der Waals surface area contributed by atoms with Crippen LogP contribution in [0.4, 0.5) is 17.5 Å². The number of nitrogens with two attached hydrogens (primary N) is 3. The van der Waals surface area contributed by atoms with Gasteiger partial charge in [0.25, 0.3) is 0 Å². The van der Waals surface area contributed by atoms with Gasteiger partial charge in [0.15, 0.2) is 5.82 Å². The van der Waals surface area contributed by atoms with Crippen molar-refractivity contribution >= 4 is 40.8 Å². The van der Waals surface area contributed by atoms with Crippen molar-refractivity contribution in [2.24, 2.45) is 17.1 Å². The maximum atomic E-state index is 6.47. The Kier molecular flexibility index (Phi) is 5.28. The number of aromatic nitrogens is 3. The standard InChI is InChI=1S/C19H26ClN7S/c1-11-8-13(21)19(9-11)3-6-27(7-4-19)14-10-25-18(17(23)26-14)28-12-2-5-24-16(22)15(12)20/h2,5,10-11,13H,3-4,6-9,21H2,1H3,(H2,22,24)(H2,23,26)/t11-,13-/m1/s1. The number of rotatable bonds is 3. The van der Waals surface area contributed by atoms with Gasteiger partial charge in [-0.2, -0.15) is 0 Å². The first-order chi connectivity index (χ1) is 13.4. The van der Waals surface area contributed by atoms with Crippen molar-refractivity contribution in [3.63, 3.8) is 0 Å². The summed E-state index contributed by atoms with van der Waals surface area (Å²) >= 11 is 7.55. The molecule has 2 aliphatic rings. The van der Waals surface area contributed by atoms with Gasteiger partial charge in [-0.3, -0.25) is 0 Å². The first-order valence-electron chi connectivity index (χ1n) is 9.59. The quantitative estimate of drug-likeness (QED) is 0.693. The van der Waals surface area contributed by atoms with Gasteiger partial charge in [0, 0.05) is 30.2 Å². The second-order valence-corrected chi connectivity index (χ2v) is 9.44. The zero-order valence-corrected chi connectivity index (χ0v) is 17.5. The van der Waals surface area contributed by atoms with Crippen molar-refractivity contribution in [2.75, 3.05) is 29.5 Å². The minimum atomic E-state index is 0.288. The molecule has 1 saturated carbocycles. The summed E-state index contributed by atoms with van der Waals surface area (Å²) in [6, 6.07) is 2.10. The molecule has 2 atom stereocenters. The predicted molar refractivity (Wildman–Crippen MR) is 114 cm³/mol. The number of hydrogen-bond acceptors (Lipinski definition) is 8. The molecule has 3 heterocycles. The topological polar surface area (TPSA) is 120 Å². The molecule has 0 bridgehead atoms. The van der Waals surface area contributed by atoms with E-state index in [4.69, 9.17) is 28.8 Å². The van der Waals surface area contributed by atoms with Crippen LogP contribution in [-0.2, 0) is 0 Å². The molecule has 0 unspecified atom stereocenters. The summed E-state index contributed by atoms with van der Waals surface area (Å²) in [5.74, 6) is 2.22. The zero-order chi connectivity index (χ0) is 19.9. The third-order valence-electron chi connectivity index (χ3n) is 6.12. The highest BCUT2D eigenvalue weighted by Crippen LogP contribution is 2.48. The molecule has 2 fully saturated rings. The van der Waals surface area contributed by atoms with Gasteiger partial charge in [0.2, 0.25) is 0 Å². The largest absolute Gasteiger partial charge is 0.382 e. The molecule has 0 aromatic carbocycles. The minimum Gasteiger partial charge on any atom is -0.382 e. The zero-order valence-electron chi connectivity index (χ0n) is 15.9. The number of halogens is 1. The van der Waals surface area contributed by atoms with Crippen molar-refractivity contribution in [1.82, 2.24) is 15.0 Å². The molecule has 150 valence electrons. The van der Waals surface area contributed by atoms with Crippen LogP contribution >= 0.6 is 23.4 Å². The number of pyridine rings is 1. The van der Waals surface area contributed by atoms with Crippen LogP contribution in [0.15, 0.2) is 28.4 Å². The lowest BCUT2D eigenvalue weighted by molar-refractivity contribution is 0.193. The summed E-state index contributed by atoms with van der Waals surface area (Å²) in [4.78, 5) is 16.1. The van der Waals surface area contributed by atoms with Crippen LogP contribution in [0.3, 0.4) is 0 Å². The number of piperidine rings is 1. The molecule has 1 saturated heterocycles. The average Bonchev–Trinajstić information content (AvgIpc) is 2.94. The predicted octanol–water partition coefficient (Wildman–Crippen LogP) is 3.18. The van der Waals surface area contributed by atoms with Crippen molar-refractivity contribution in [3.8, 4) is 0 Å². The summed E-state index contributed by atoms with van der Waals surface area (Å²) in [7, 11) is 0. The molecule has 0 radical (unpaired) electrons. The Bertz CT molecular complexity index is 869. The second-order valence-electron chi connectivity index (χ2n) is 8.03. The molecule has 1 aliphatic carbocycles. The molecule has 7 nitrogen and oxygen atoms in total. The molecule has 28 heavy (non-hydrogen) atoms. The highest BCUT2D eigenvalue weighted by molar-refractivity contribution is 7.99. The molecule has 1 aliphatic heterocycles. The van der Waals surface area contributed by atoms with Gasteiger partial charge in [-0.1, -0.05) is 30.3 Å². The fourth-order valence-electron chi connectivity index (χ4n) is 4.61. The summed E-state index contributed by atoms with van der Waals surface area (Å²) < 4.78 is 0. The van der Waals surface area contributed by atoms with E-state index in [0.29, 0.717) is 27.3 Å². The lowest BCUT2D eigenvalue weighted by Crippen LogP contribution is -2.47. The highest BCUT2D eigenvalue weighted by atomic mass is 35.5. The van der Waals surface area contributed by atoms with E-state index < -0.39 is 0 Å². The van der Waals surface area contributed by atoms with Crippen LogP contribution in [0.1, 0.15) is 32.6 Å². The number of hydrogen-bond donors (Lipinski definition) is 3. The summed E-state index contributed by atoms with van der Waals surface area (Å²) in [6.07, 6.45) is 7.97. The number of nitrogen functional groups attached to an aromatic ring is 2. The van der Waals surface area contributed by atoms with E-state index in [1.807, 2.05) is 0 Å². The Balaban J connectivity index is 1.46. The third kappa shape index (κ3) is 3.60. The number of anilines is 3. The summed E-state index contributed by atoms with van der Waals surface area (Å²) in [6.45, 7) is 4.19. The smallest absolute Gasteiger partial charge is 0.158 e. The number of nitrogens with zero attached hydrogens (tertiary/aromatic N) is 4. The highest BCUT2D eigenvalue weighted by Gasteiger charge is 2.45. The molecule has 2 aromatic heterocycles. The van der Waals surface area contributed by atoms with Crippen molar-refractivity contribution in [1.29, 1.82) is 0 Å². The Labute approximate surface area is 174 Å². The van der Waals surface area contributed by atoms with E-state index in [9.17, 15) is 0 Å². The SMILES string of the molecule is C[C@@H]1C[C@@H](N)C2(CCN(c3cnc(Sc4ccnc(N)c4Cl)c(N)n3)CC2)C1. The fraction of sp³-hybridized carbons (Fsp3) is 0.526. The maximum absolute atomic E-state index is 6.47. The van der Waals surface area contributed by atoms with Crippen LogP contribution < -0.4 is 22.1 Å². The van der Waals surface area contributed by atoms with Gasteiger partial charge in [-0.15, -0.1) is 0 Å². The van der Waals surface area contributed by atoms with Crippen LogP contribution in [0.2, 0.25) is 5.02 Å². The van der Waals surface area contributed by atoms with E-state index >= 15 is 0 Å². The van der Waals surface area contributed by atoms with Gasteiger partial charge in [0.05, 0.1) is 11.2 Å². The Morgan fingerprint density at radius 1 is 1.21 bits per heavy atom. The molecule has 4 rings (SSSR count). The van der Waals surface area contributed by atoms with Crippen molar-refractivity contribution in [3.05, 3.63) is 23.5 Å². The molecule has 0 amide bonds. The first kappa shape index (κ1) is 19.5. The first-order valence-corrected chi connectivity index (χ1v) is 10.8. The molecule has 9 heteroatoms. The fourth-order valence-corrected chi connectivity index (χ4v) is 5.62. The van der Waals surface area contributed by atoms with Gasteiger partial charge >= 0.3 is 0 Å². The van der Waals surface area contributed by atoms with E-state index in [1.165, 1.54) is 18.2 Å². The third-order valence-corrected chi connectivity index (χ3v) is 7.70. The Morgan fingerprint density at radius 3 is 2.61 bits per heavy atom. The molecular weight excluding hydrogens is 394 g/mol. The summed E-state index contributed by atoms with van der Waals surface area (Å²) in [5, 5.41) is 1.01. The molecule has 1 spiro atoms. The van der Waals surface area contributed by atoms with E-state index in [2.05, 4.69) is 26.8 Å². The average molecular weight is 420 g/mol. The normalized spacial score (nSPS) is 24.0. The van der Waals surface area contributed by atoms with Crippen LogP contribution in [-0.4, -0.2) is 34.1 Å². The van der Waals surface area contributed by atoms with E-state index in [-0.39, 0.29) is 5.82 Å². The Hall–Kier alpha value is -1.77. The maximum Gasteiger partial charge on any atom is 0.158 e. The van der Waals surface area contributed by atoms with Crippen molar-refractivity contribution < 1.29 is 0 Å². The lowest BCUT2D eigenvalue weighted by atomic mass is 9.74. The minimum absolute atomic E-state index is 0.288. The van der Waals surface area contributed by atoms with Crippen molar-refractivity contribution in [2.45, 2.75) is 48.6 Å². The molecule has 2 aromatic rings. The van der Waals surface area contributed by atoms with Gasteiger partial charge in [-0.05, 0) is 43.1 Å². The van der Waals surface area contributed by atoms with Gasteiger partial charge in [0.1, 0.15) is 16.7 Å². The monoisotopic (exact) mass is 419 g/mol. The van der Waals surface area contributed by atoms with Gasteiger partial charge < -0.3 is 22.1 Å². The van der Waals surface area contributed by atoms with Crippen LogP contribution in [0, 0.1) is 11.3 Å². The van der Waals surface area contributed by atoms with Gasteiger partial charge in [-0.25, -0.2) is 15.0 Å². The van der Waals surface area contributed by atoms with Crippen LogP contribution in [0.25, 0.3) is 0 Å². The summed E-state index contributed by atoms with van der Waals surface area (Å²) in [5.41, 5.74) is 18.7. The van der Waals surface area contributed by atoms with E-state index in [0.717, 1.165) is 49.0 Å². The van der Waals surface area contributed by atoms with Crippen LogP contribution in [0.5, 0.6) is 0 Å². The van der Waals surface area contributed by atoms with E-state index in [1.54, 1.807) is 18.5 Å². The molecule has 6 N–H and O–H groups in total. The lowest BCUT2D eigenvalue weighted by Gasteiger charge is -2.42. The molecular formula is C19H26ClN7S. The Morgan fingerprint density at radius 2 is 1.96 bits per heavy atom. The second kappa shape index (κ2) is 7.57.